The highest BCUT2D eigenvalue weighted by Gasteiger charge is 2.34. The monoisotopic (exact) mass is 170 g/mol. The molecule has 2 unspecified atom stereocenters. The van der Waals surface area contributed by atoms with Crippen molar-refractivity contribution in [3.63, 3.8) is 0 Å². The Balaban J connectivity index is 2.46. The number of amides is 1. The van der Waals surface area contributed by atoms with E-state index in [1.165, 1.54) is 0 Å². The van der Waals surface area contributed by atoms with Crippen LogP contribution < -0.4 is 5.73 Å². The molecule has 3 heteroatoms. The van der Waals surface area contributed by atoms with Gasteiger partial charge < -0.3 is 10.6 Å². The topological polar surface area (TPSA) is 46.3 Å². The summed E-state index contributed by atoms with van der Waals surface area (Å²) in [5.41, 5.74) is 5.62. The normalized spacial score (nSPS) is 24.9. The lowest BCUT2D eigenvalue weighted by molar-refractivity contribution is -0.138. The van der Waals surface area contributed by atoms with E-state index in [0.717, 1.165) is 19.4 Å². The lowest BCUT2D eigenvalue weighted by Gasteiger charge is -2.44. The summed E-state index contributed by atoms with van der Waals surface area (Å²) in [5, 5.41) is 0. The zero-order valence-corrected chi connectivity index (χ0v) is 7.92. The molecule has 2 atom stereocenters. The Bertz CT molecular complexity index is 166. The van der Waals surface area contributed by atoms with Crippen molar-refractivity contribution in [2.24, 2.45) is 11.7 Å². The van der Waals surface area contributed by atoms with Crippen LogP contribution in [0.2, 0.25) is 0 Å². The molecule has 0 spiro atoms. The fraction of sp³-hybridized carbons (Fsp3) is 0.889. The minimum absolute atomic E-state index is 0.193. The summed E-state index contributed by atoms with van der Waals surface area (Å²) in [5.74, 6) is 0.695. The first-order chi connectivity index (χ1) is 5.70. The van der Waals surface area contributed by atoms with Crippen molar-refractivity contribution in [1.29, 1.82) is 0 Å². The van der Waals surface area contributed by atoms with Crippen LogP contribution in [0.1, 0.15) is 26.7 Å². The van der Waals surface area contributed by atoms with Gasteiger partial charge in [-0.25, -0.2) is 0 Å². The molecule has 3 nitrogen and oxygen atoms in total. The van der Waals surface area contributed by atoms with Crippen molar-refractivity contribution < 1.29 is 4.79 Å². The molecule has 1 fully saturated rings. The van der Waals surface area contributed by atoms with Crippen LogP contribution in [0.3, 0.4) is 0 Å². The summed E-state index contributed by atoms with van der Waals surface area (Å²) in [6.45, 7) is 5.39. The van der Waals surface area contributed by atoms with Gasteiger partial charge in [-0.05, 0) is 18.9 Å². The van der Waals surface area contributed by atoms with Crippen LogP contribution in [0.4, 0.5) is 0 Å². The highest BCUT2D eigenvalue weighted by Crippen LogP contribution is 2.26. The second-order valence-corrected chi connectivity index (χ2v) is 3.47. The predicted octanol–water partition coefficient (Wildman–Crippen LogP) is 0.592. The second kappa shape index (κ2) is 3.90. The van der Waals surface area contributed by atoms with Crippen molar-refractivity contribution >= 4 is 5.91 Å². The minimum Gasteiger partial charge on any atom is -0.339 e. The molecule has 1 saturated heterocycles. The quantitative estimate of drug-likeness (QED) is 0.674. The van der Waals surface area contributed by atoms with E-state index in [9.17, 15) is 4.79 Å². The predicted molar refractivity (Wildman–Crippen MR) is 48.6 cm³/mol. The number of hydrogen-bond donors (Lipinski definition) is 1. The van der Waals surface area contributed by atoms with Gasteiger partial charge in [-0.15, -0.1) is 0 Å². The standard InChI is InChI=1S/C9H18N2O/c1-3-8(6-10)9-4-5-11(9)7(2)12/h8-9H,3-6,10H2,1-2H3. The molecular formula is C9H18N2O. The van der Waals surface area contributed by atoms with Crippen LogP contribution in [0.5, 0.6) is 0 Å². The molecule has 1 amide bonds. The number of nitrogens with two attached hydrogens (primary N) is 1. The summed E-state index contributed by atoms with van der Waals surface area (Å²) >= 11 is 0. The summed E-state index contributed by atoms with van der Waals surface area (Å²) in [6.07, 6.45) is 2.21. The first kappa shape index (κ1) is 9.52. The van der Waals surface area contributed by atoms with Crippen molar-refractivity contribution in [2.45, 2.75) is 32.7 Å². The fourth-order valence-electron chi connectivity index (χ4n) is 1.88. The van der Waals surface area contributed by atoms with Crippen molar-refractivity contribution in [1.82, 2.24) is 4.90 Å². The molecule has 0 aromatic rings. The number of nitrogens with zero attached hydrogens (tertiary/aromatic N) is 1. The molecular weight excluding hydrogens is 152 g/mol. The maximum absolute atomic E-state index is 11.1. The number of carbonyl (C=O) groups excluding carboxylic acids is 1. The van der Waals surface area contributed by atoms with E-state index in [1.54, 1.807) is 6.92 Å². The Morgan fingerprint density at radius 2 is 2.42 bits per heavy atom. The Labute approximate surface area is 73.9 Å². The maximum Gasteiger partial charge on any atom is 0.219 e. The molecule has 0 bridgehead atoms. The Morgan fingerprint density at radius 1 is 1.75 bits per heavy atom. The van der Waals surface area contributed by atoms with Gasteiger partial charge >= 0.3 is 0 Å². The molecule has 1 heterocycles. The average molecular weight is 170 g/mol. The van der Waals surface area contributed by atoms with Gasteiger partial charge in [-0.1, -0.05) is 13.3 Å². The number of rotatable bonds is 3. The van der Waals surface area contributed by atoms with Crippen LogP contribution in [-0.4, -0.2) is 29.9 Å². The van der Waals surface area contributed by atoms with Gasteiger partial charge in [0.2, 0.25) is 5.91 Å². The van der Waals surface area contributed by atoms with Crippen LogP contribution >= 0.6 is 0 Å². The zero-order valence-electron chi connectivity index (χ0n) is 7.92. The molecule has 0 aromatic heterocycles. The smallest absolute Gasteiger partial charge is 0.219 e. The lowest BCUT2D eigenvalue weighted by atomic mass is 9.87. The largest absolute Gasteiger partial charge is 0.339 e. The summed E-state index contributed by atoms with van der Waals surface area (Å²) in [6, 6.07) is 0.428. The van der Waals surface area contributed by atoms with E-state index >= 15 is 0 Å². The van der Waals surface area contributed by atoms with E-state index in [1.807, 2.05) is 4.90 Å². The highest BCUT2D eigenvalue weighted by molar-refractivity contribution is 5.74. The molecule has 0 aromatic carbocycles. The zero-order chi connectivity index (χ0) is 9.14. The lowest BCUT2D eigenvalue weighted by Crippen LogP contribution is -2.55. The SMILES string of the molecule is CCC(CN)C1CCN1C(C)=O. The minimum atomic E-state index is 0.193. The van der Waals surface area contributed by atoms with E-state index < -0.39 is 0 Å². The molecule has 2 N–H and O–H groups in total. The number of carbonyl (C=O) groups is 1. The van der Waals surface area contributed by atoms with Gasteiger partial charge in [-0.3, -0.25) is 4.79 Å². The van der Waals surface area contributed by atoms with Crippen molar-refractivity contribution in [3.8, 4) is 0 Å². The van der Waals surface area contributed by atoms with Gasteiger partial charge in [0.1, 0.15) is 0 Å². The van der Waals surface area contributed by atoms with Gasteiger partial charge in [0.15, 0.2) is 0 Å². The molecule has 12 heavy (non-hydrogen) atoms. The first-order valence-corrected chi connectivity index (χ1v) is 4.68. The third-order valence-electron chi connectivity index (χ3n) is 2.84. The summed E-state index contributed by atoms with van der Waals surface area (Å²) in [7, 11) is 0. The fourth-order valence-corrected chi connectivity index (χ4v) is 1.88. The van der Waals surface area contributed by atoms with Crippen molar-refractivity contribution in [2.75, 3.05) is 13.1 Å². The molecule has 1 rings (SSSR count). The molecule has 1 aliphatic heterocycles. The van der Waals surface area contributed by atoms with Gasteiger partial charge in [-0.2, -0.15) is 0 Å². The van der Waals surface area contributed by atoms with Gasteiger partial charge in [0, 0.05) is 19.5 Å². The van der Waals surface area contributed by atoms with Gasteiger partial charge in [0.05, 0.1) is 0 Å². The van der Waals surface area contributed by atoms with Gasteiger partial charge in [0.25, 0.3) is 0 Å². The third-order valence-corrected chi connectivity index (χ3v) is 2.84. The number of likely N-dealkylation sites (tertiary alicyclic amines) is 1. The van der Waals surface area contributed by atoms with Crippen LogP contribution in [0.25, 0.3) is 0 Å². The van der Waals surface area contributed by atoms with Crippen LogP contribution in [-0.2, 0) is 4.79 Å². The van der Waals surface area contributed by atoms with Crippen molar-refractivity contribution in [3.05, 3.63) is 0 Å². The second-order valence-electron chi connectivity index (χ2n) is 3.47. The van der Waals surface area contributed by atoms with E-state index in [-0.39, 0.29) is 5.91 Å². The molecule has 1 aliphatic rings. The third kappa shape index (κ3) is 1.61. The van der Waals surface area contributed by atoms with Crippen LogP contribution in [0.15, 0.2) is 0 Å². The Morgan fingerprint density at radius 3 is 2.67 bits per heavy atom. The van der Waals surface area contributed by atoms with E-state index in [0.29, 0.717) is 18.5 Å². The molecule has 0 aliphatic carbocycles. The average Bonchev–Trinajstić information content (AvgIpc) is 1.96. The summed E-state index contributed by atoms with van der Waals surface area (Å²) < 4.78 is 0. The molecule has 0 radical (unpaired) electrons. The van der Waals surface area contributed by atoms with E-state index in [4.69, 9.17) is 5.73 Å². The Hall–Kier alpha value is -0.570. The summed E-state index contributed by atoms with van der Waals surface area (Å²) in [4.78, 5) is 13.0. The Kier molecular flexibility index (Phi) is 3.09. The van der Waals surface area contributed by atoms with E-state index in [2.05, 4.69) is 6.92 Å². The molecule has 70 valence electrons. The highest BCUT2D eigenvalue weighted by atomic mass is 16.2. The molecule has 0 saturated carbocycles. The maximum atomic E-state index is 11.1. The number of hydrogen-bond acceptors (Lipinski definition) is 2. The first-order valence-electron chi connectivity index (χ1n) is 4.68. The van der Waals surface area contributed by atoms with Crippen LogP contribution in [0, 0.1) is 5.92 Å².